The molecule has 192 valence electrons. The van der Waals surface area contributed by atoms with Gasteiger partial charge in [0, 0.05) is 25.6 Å². The Labute approximate surface area is 210 Å². The Morgan fingerprint density at radius 1 is 1.03 bits per heavy atom. The topological polar surface area (TPSA) is 86.8 Å². The monoisotopic (exact) mass is 501 g/mol. The summed E-state index contributed by atoms with van der Waals surface area (Å²) in [7, 11) is -3.53. The van der Waals surface area contributed by atoms with E-state index in [0.717, 1.165) is 16.7 Å². The van der Waals surface area contributed by atoms with Crippen molar-refractivity contribution in [2.75, 3.05) is 17.1 Å². The number of benzene rings is 2. The molecule has 0 aliphatic carbocycles. The first kappa shape index (κ1) is 28.4. The van der Waals surface area contributed by atoms with Crippen LogP contribution in [0.25, 0.3) is 0 Å². The molecule has 0 aliphatic heterocycles. The first-order valence-corrected chi connectivity index (χ1v) is 14.0. The summed E-state index contributed by atoms with van der Waals surface area (Å²) >= 11 is 0. The van der Waals surface area contributed by atoms with E-state index in [9.17, 15) is 18.0 Å². The number of nitrogens with zero attached hydrogens (tertiary/aromatic N) is 2. The van der Waals surface area contributed by atoms with Crippen molar-refractivity contribution in [2.45, 2.75) is 72.5 Å². The predicted octanol–water partition coefficient (Wildman–Crippen LogP) is 4.18. The molecule has 0 aliphatic rings. The third kappa shape index (κ3) is 8.38. The van der Waals surface area contributed by atoms with E-state index in [-0.39, 0.29) is 30.8 Å². The average molecular weight is 502 g/mol. The van der Waals surface area contributed by atoms with Crippen LogP contribution in [0.2, 0.25) is 0 Å². The molecule has 1 unspecified atom stereocenters. The Hall–Kier alpha value is -2.87. The molecule has 0 fully saturated rings. The minimum Gasteiger partial charge on any atom is -0.352 e. The van der Waals surface area contributed by atoms with Gasteiger partial charge in [-0.25, -0.2) is 8.42 Å². The van der Waals surface area contributed by atoms with Crippen molar-refractivity contribution in [1.82, 2.24) is 10.2 Å². The van der Waals surface area contributed by atoms with Crippen molar-refractivity contribution >= 4 is 27.5 Å². The Morgan fingerprint density at radius 2 is 1.69 bits per heavy atom. The molecule has 35 heavy (non-hydrogen) atoms. The summed E-state index contributed by atoms with van der Waals surface area (Å²) in [6.07, 6.45) is 2.14. The molecular formula is C27H39N3O4S. The van der Waals surface area contributed by atoms with Crippen LogP contribution >= 0.6 is 0 Å². The van der Waals surface area contributed by atoms with Gasteiger partial charge in [0.1, 0.15) is 6.04 Å². The maximum atomic E-state index is 13.4. The Kier molecular flexibility index (Phi) is 10.3. The number of hydrogen-bond acceptors (Lipinski definition) is 4. The molecule has 7 nitrogen and oxygen atoms in total. The lowest BCUT2D eigenvalue weighted by Gasteiger charge is -2.31. The van der Waals surface area contributed by atoms with Crippen molar-refractivity contribution in [1.29, 1.82) is 0 Å². The number of nitrogens with one attached hydrogen (secondary N) is 1. The summed E-state index contributed by atoms with van der Waals surface area (Å²) in [4.78, 5) is 27.9. The van der Waals surface area contributed by atoms with Crippen LogP contribution in [0.1, 0.15) is 56.7 Å². The molecule has 0 aromatic heterocycles. The number of aryl methyl sites for hydroxylation is 2. The molecule has 0 spiro atoms. The van der Waals surface area contributed by atoms with E-state index in [0.29, 0.717) is 25.1 Å². The third-order valence-electron chi connectivity index (χ3n) is 5.80. The molecule has 0 radical (unpaired) electrons. The van der Waals surface area contributed by atoms with Crippen LogP contribution in [-0.4, -0.2) is 50.0 Å². The molecular weight excluding hydrogens is 462 g/mol. The molecule has 8 heteroatoms. The lowest BCUT2D eigenvalue weighted by molar-refractivity contribution is -0.141. The van der Waals surface area contributed by atoms with Crippen LogP contribution in [0.15, 0.2) is 48.5 Å². The second-order valence-electron chi connectivity index (χ2n) is 9.32. The van der Waals surface area contributed by atoms with Gasteiger partial charge in [-0.3, -0.25) is 13.9 Å². The second kappa shape index (κ2) is 12.7. The van der Waals surface area contributed by atoms with Gasteiger partial charge in [-0.15, -0.1) is 0 Å². The van der Waals surface area contributed by atoms with E-state index in [1.54, 1.807) is 4.90 Å². The Balaban J connectivity index is 2.22. The van der Waals surface area contributed by atoms with Gasteiger partial charge in [-0.1, -0.05) is 49.4 Å². The quantitative estimate of drug-likeness (QED) is 0.473. The van der Waals surface area contributed by atoms with E-state index < -0.39 is 16.1 Å². The zero-order valence-corrected chi connectivity index (χ0v) is 22.6. The van der Waals surface area contributed by atoms with E-state index in [2.05, 4.69) is 5.32 Å². The Morgan fingerprint density at radius 3 is 2.26 bits per heavy atom. The van der Waals surface area contributed by atoms with Crippen LogP contribution in [0.3, 0.4) is 0 Å². The molecule has 2 amide bonds. The highest BCUT2D eigenvalue weighted by atomic mass is 32.2. The van der Waals surface area contributed by atoms with E-state index in [4.69, 9.17) is 0 Å². The molecule has 0 saturated carbocycles. The number of carbonyl (C=O) groups excluding carboxylic acids is 2. The molecule has 2 aromatic carbocycles. The van der Waals surface area contributed by atoms with Gasteiger partial charge in [-0.05, 0) is 63.3 Å². The third-order valence-corrected chi connectivity index (χ3v) is 6.98. The smallest absolute Gasteiger partial charge is 0.243 e. The number of amides is 2. The maximum Gasteiger partial charge on any atom is 0.243 e. The minimum absolute atomic E-state index is 0.0360. The highest BCUT2D eigenvalue weighted by Crippen LogP contribution is 2.25. The zero-order valence-electron chi connectivity index (χ0n) is 21.7. The van der Waals surface area contributed by atoms with E-state index >= 15 is 0 Å². The normalized spacial score (nSPS) is 12.3. The summed E-state index contributed by atoms with van der Waals surface area (Å²) in [6, 6.07) is 14.6. The van der Waals surface area contributed by atoms with Gasteiger partial charge in [0.05, 0.1) is 11.9 Å². The molecule has 0 saturated heterocycles. The molecule has 2 aromatic rings. The van der Waals surface area contributed by atoms with Crippen LogP contribution in [-0.2, 0) is 26.2 Å². The molecule has 1 N–H and O–H groups in total. The summed E-state index contributed by atoms with van der Waals surface area (Å²) in [5.74, 6) is -0.353. The second-order valence-corrected chi connectivity index (χ2v) is 11.2. The van der Waals surface area contributed by atoms with Gasteiger partial charge >= 0.3 is 0 Å². The fraction of sp³-hybridized carbons (Fsp3) is 0.481. The zero-order chi connectivity index (χ0) is 26.2. The van der Waals surface area contributed by atoms with Crippen molar-refractivity contribution in [3.63, 3.8) is 0 Å². The summed E-state index contributed by atoms with van der Waals surface area (Å²) < 4.78 is 26.5. The van der Waals surface area contributed by atoms with Gasteiger partial charge in [0.2, 0.25) is 21.8 Å². The summed E-state index contributed by atoms with van der Waals surface area (Å²) in [5.41, 5.74) is 3.38. The van der Waals surface area contributed by atoms with Crippen molar-refractivity contribution < 1.29 is 18.0 Å². The number of rotatable bonds is 12. The molecule has 1 atom stereocenters. The first-order chi connectivity index (χ1) is 16.4. The van der Waals surface area contributed by atoms with Crippen molar-refractivity contribution in [3.05, 3.63) is 65.2 Å². The van der Waals surface area contributed by atoms with Crippen LogP contribution in [0, 0.1) is 13.8 Å². The van der Waals surface area contributed by atoms with Crippen molar-refractivity contribution in [3.8, 4) is 0 Å². The van der Waals surface area contributed by atoms with Gasteiger partial charge in [-0.2, -0.15) is 0 Å². The molecule has 2 rings (SSSR count). The minimum atomic E-state index is -3.53. The van der Waals surface area contributed by atoms with Gasteiger partial charge in [0.25, 0.3) is 0 Å². The largest absolute Gasteiger partial charge is 0.352 e. The van der Waals surface area contributed by atoms with Crippen molar-refractivity contribution in [2.24, 2.45) is 0 Å². The maximum absolute atomic E-state index is 13.4. The fourth-order valence-corrected chi connectivity index (χ4v) is 5.07. The standard InChI is InChI=1S/C27H39N3O4S/c1-7-24(27(32)28-20(2)3)29(19-23-12-9-8-10-13-23)26(31)14-11-17-30(35(6,33)34)25-18-21(4)15-16-22(25)5/h8-10,12-13,15-16,18,20,24H,7,11,14,17,19H2,1-6H3,(H,28,32). The summed E-state index contributed by atoms with van der Waals surface area (Å²) in [6.45, 7) is 9.96. The molecule has 0 heterocycles. The predicted molar refractivity (Wildman–Crippen MR) is 142 cm³/mol. The van der Waals surface area contributed by atoms with E-state index in [1.165, 1.54) is 10.6 Å². The number of carbonyl (C=O) groups is 2. The van der Waals surface area contributed by atoms with Crippen LogP contribution in [0.5, 0.6) is 0 Å². The number of sulfonamides is 1. The highest BCUT2D eigenvalue weighted by molar-refractivity contribution is 7.92. The highest BCUT2D eigenvalue weighted by Gasteiger charge is 2.29. The summed E-state index contributed by atoms with van der Waals surface area (Å²) in [5, 5.41) is 2.92. The number of hydrogen-bond donors (Lipinski definition) is 1. The molecule has 0 bridgehead atoms. The van der Waals surface area contributed by atoms with Gasteiger partial charge < -0.3 is 10.2 Å². The lowest BCUT2D eigenvalue weighted by Crippen LogP contribution is -2.50. The lowest BCUT2D eigenvalue weighted by atomic mass is 10.1. The SMILES string of the molecule is CCC(C(=O)NC(C)C)N(Cc1ccccc1)C(=O)CCCN(c1cc(C)ccc1C)S(C)(=O)=O. The fourth-order valence-electron chi connectivity index (χ4n) is 4.05. The number of anilines is 1. The van der Waals surface area contributed by atoms with E-state index in [1.807, 2.05) is 83.1 Å². The van der Waals surface area contributed by atoms with Crippen LogP contribution in [0.4, 0.5) is 5.69 Å². The Bertz CT molecular complexity index is 1100. The van der Waals surface area contributed by atoms with Gasteiger partial charge in [0.15, 0.2) is 0 Å². The average Bonchev–Trinajstić information content (AvgIpc) is 2.77. The first-order valence-electron chi connectivity index (χ1n) is 12.1. The van der Waals surface area contributed by atoms with Crippen LogP contribution < -0.4 is 9.62 Å².